The minimum absolute atomic E-state index is 0.239. The molecular weight excluding hydrogens is 272 g/mol. The molecule has 0 spiro atoms. The van der Waals surface area contributed by atoms with Gasteiger partial charge in [-0.3, -0.25) is 4.79 Å². The van der Waals surface area contributed by atoms with Gasteiger partial charge in [-0.15, -0.1) is 0 Å². The Kier molecular flexibility index (Phi) is 3.22. The van der Waals surface area contributed by atoms with Crippen molar-refractivity contribution in [3.63, 3.8) is 0 Å². The fourth-order valence-electron chi connectivity index (χ4n) is 1.81. The van der Waals surface area contributed by atoms with E-state index >= 15 is 0 Å². The van der Waals surface area contributed by atoms with Crippen molar-refractivity contribution < 1.29 is 4.79 Å². The van der Waals surface area contributed by atoms with E-state index in [0.717, 1.165) is 11.4 Å². The van der Waals surface area contributed by atoms with E-state index in [1.54, 1.807) is 23.0 Å². The second kappa shape index (κ2) is 5.18. The van der Waals surface area contributed by atoms with Crippen LogP contribution in [0, 0.1) is 0 Å². The Bertz CT molecular complexity index is 733. The van der Waals surface area contributed by atoms with Gasteiger partial charge in [0.2, 0.25) is 0 Å². The number of nitrogens with zero attached hydrogens (tertiary/aromatic N) is 2. The summed E-state index contributed by atoms with van der Waals surface area (Å²) >= 11 is 1.52. The normalized spacial score (nSPS) is 10.4. The van der Waals surface area contributed by atoms with Crippen LogP contribution in [-0.4, -0.2) is 15.7 Å². The maximum Gasteiger partial charge on any atom is 0.276 e. The number of carbonyl (C=O) groups excluding carboxylic acids is 1. The largest absolute Gasteiger partial charge is 0.397 e. The highest BCUT2D eigenvalue weighted by atomic mass is 32.1. The number of nitrogen functional groups attached to an aromatic ring is 1. The Morgan fingerprint density at radius 1 is 1.25 bits per heavy atom. The number of carbonyl (C=O) groups is 1. The maximum absolute atomic E-state index is 12.0. The summed E-state index contributed by atoms with van der Waals surface area (Å²) in [6.07, 6.45) is 1.72. The first-order valence-electron chi connectivity index (χ1n) is 5.98. The van der Waals surface area contributed by atoms with Gasteiger partial charge >= 0.3 is 0 Å². The molecular formula is C14H12N4OS. The summed E-state index contributed by atoms with van der Waals surface area (Å²) in [6.45, 7) is 0. The van der Waals surface area contributed by atoms with Crippen molar-refractivity contribution in [2.75, 3.05) is 11.1 Å². The highest BCUT2D eigenvalue weighted by molar-refractivity contribution is 7.08. The van der Waals surface area contributed by atoms with Gasteiger partial charge in [-0.05, 0) is 29.6 Å². The monoisotopic (exact) mass is 284 g/mol. The molecule has 0 aliphatic heterocycles. The molecule has 0 fully saturated rings. The lowest BCUT2D eigenvalue weighted by atomic mass is 10.3. The molecule has 0 atom stereocenters. The van der Waals surface area contributed by atoms with E-state index in [1.807, 2.05) is 35.0 Å². The predicted octanol–water partition coefficient (Wildman–Crippen LogP) is 2.77. The molecule has 3 rings (SSSR count). The Balaban J connectivity index is 1.83. The zero-order valence-corrected chi connectivity index (χ0v) is 11.3. The molecule has 2 aromatic heterocycles. The molecule has 0 saturated carbocycles. The van der Waals surface area contributed by atoms with Crippen molar-refractivity contribution in [1.82, 2.24) is 9.78 Å². The molecule has 0 unspecified atom stereocenters. The van der Waals surface area contributed by atoms with Crippen molar-refractivity contribution in [2.45, 2.75) is 0 Å². The van der Waals surface area contributed by atoms with Gasteiger partial charge in [-0.2, -0.15) is 16.4 Å². The molecule has 0 aliphatic carbocycles. The van der Waals surface area contributed by atoms with Crippen molar-refractivity contribution in [3.05, 3.63) is 59.0 Å². The molecule has 5 nitrogen and oxygen atoms in total. The number of rotatable bonds is 3. The molecule has 1 aromatic carbocycles. The van der Waals surface area contributed by atoms with Gasteiger partial charge in [0.15, 0.2) is 5.69 Å². The van der Waals surface area contributed by atoms with Crippen molar-refractivity contribution in [2.24, 2.45) is 0 Å². The van der Waals surface area contributed by atoms with E-state index in [9.17, 15) is 4.79 Å². The third-order valence-corrected chi connectivity index (χ3v) is 3.47. The van der Waals surface area contributed by atoms with Gasteiger partial charge in [0, 0.05) is 11.6 Å². The second-order valence-electron chi connectivity index (χ2n) is 4.17. The highest BCUT2D eigenvalue weighted by Crippen LogP contribution is 2.17. The third kappa shape index (κ3) is 2.41. The van der Waals surface area contributed by atoms with Gasteiger partial charge in [0.05, 0.1) is 17.1 Å². The molecule has 3 N–H and O–H groups in total. The predicted molar refractivity (Wildman–Crippen MR) is 80.2 cm³/mol. The zero-order valence-electron chi connectivity index (χ0n) is 10.5. The Morgan fingerprint density at radius 2 is 2.10 bits per heavy atom. The molecule has 20 heavy (non-hydrogen) atoms. The average Bonchev–Trinajstić information content (AvgIpc) is 3.10. The van der Waals surface area contributed by atoms with Crippen LogP contribution in [0.3, 0.4) is 0 Å². The fourth-order valence-corrected chi connectivity index (χ4v) is 2.39. The first kappa shape index (κ1) is 12.4. The SMILES string of the molecule is Nc1ccccc1-n1ccc(C(=O)Nc2ccsc2)n1. The van der Waals surface area contributed by atoms with Gasteiger partial charge in [-0.1, -0.05) is 12.1 Å². The van der Waals surface area contributed by atoms with E-state index in [1.165, 1.54) is 11.3 Å². The quantitative estimate of drug-likeness (QED) is 0.726. The van der Waals surface area contributed by atoms with Gasteiger partial charge in [-0.25, -0.2) is 4.68 Å². The second-order valence-corrected chi connectivity index (χ2v) is 4.95. The molecule has 0 aliphatic rings. The van der Waals surface area contributed by atoms with Crippen LogP contribution in [0.2, 0.25) is 0 Å². The number of thiophene rings is 1. The first-order chi connectivity index (χ1) is 9.74. The number of hydrogen-bond donors (Lipinski definition) is 2. The molecule has 2 heterocycles. The number of aromatic nitrogens is 2. The third-order valence-electron chi connectivity index (χ3n) is 2.78. The van der Waals surface area contributed by atoms with Crippen LogP contribution in [0.4, 0.5) is 11.4 Å². The summed E-state index contributed by atoms with van der Waals surface area (Å²) in [5.74, 6) is -0.239. The highest BCUT2D eigenvalue weighted by Gasteiger charge is 2.11. The lowest BCUT2D eigenvalue weighted by Gasteiger charge is -2.04. The topological polar surface area (TPSA) is 72.9 Å². The van der Waals surface area contributed by atoms with Crippen molar-refractivity contribution >= 4 is 28.6 Å². The number of nitrogens with two attached hydrogens (primary N) is 1. The summed E-state index contributed by atoms with van der Waals surface area (Å²) in [7, 11) is 0. The summed E-state index contributed by atoms with van der Waals surface area (Å²) in [5.41, 5.74) is 8.37. The first-order valence-corrected chi connectivity index (χ1v) is 6.92. The molecule has 3 aromatic rings. The van der Waals surface area contributed by atoms with Crippen molar-refractivity contribution in [1.29, 1.82) is 0 Å². The van der Waals surface area contributed by atoms with E-state index in [0.29, 0.717) is 11.4 Å². The average molecular weight is 284 g/mol. The van der Waals surface area contributed by atoms with E-state index in [2.05, 4.69) is 10.4 Å². The number of nitrogens with one attached hydrogen (secondary N) is 1. The van der Waals surface area contributed by atoms with Crippen LogP contribution >= 0.6 is 11.3 Å². The summed E-state index contributed by atoms with van der Waals surface area (Å²) in [5, 5.41) is 10.8. The van der Waals surface area contributed by atoms with E-state index < -0.39 is 0 Å². The van der Waals surface area contributed by atoms with Crippen molar-refractivity contribution in [3.8, 4) is 5.69 Å². The van der Waals surface area contributed by atoms with Gasteiger partial charge in [0.1, 0.15) is 0 Å². The Labute approximate surface area is 119 Å². The maximum atomic E-state index is 12.0. The molecule has 0 saturated heterocycles. The van der Waals surface area contributed by atoms with Crippen LogP contribution in [-0.2, 0) is 0 Å². The Hall–Kier alpha value is -2.60. The van der Waals surface area contributed by atoms with E-state index in [-0.39, 0.29) is 5.91 Å². The molecule has 0 bridgehead atoms. The number of benzene rings is 1. The minimum Gasteiger partial charge on any atom is -0.397 e. The number of anilines is 2. The van der Waals surface area contributed by atoms with Gasteiger partial charge < -0.3 is 11.1 Å². The van der Waals surface area contributed by atoms with E-state index in [4.69, 9.17) is 5.73 Å². The van der Waals surface area contributed by atoms with Crippen LogP contribution in [0.15, 0.2) is 53.4 Å². The number of amides is 1. The van der Waals surface area contributed by atoms with Crippen LogP contribution in [0.5, 0.6) is 0 Å². The summed E-state index contributed by atoms with van der Waals surface area (Å²) in [4.78, 5) is 12.0. The lowest BCUT2D eigenvalue weighted by Crippen LogP contribution is -2.12. The summed E-state index contributed by atoms with van der Waals surface area (Å²) in [6, 6.07) is 10.9. The fraction of sp³-hybridized carbons (Fsp3) is 0. The molecule has 1 amide bonds. The smallest absolute Gasteiger partial charge is 0.276 e. The van der Waals surface area contributed by atoms with Crippen LogP contribution in [0.25, 0.3) is 5.69 Å². The van der Waals surface area contributed by atoms with Gasteiger partial charge in [0.25, 0.3) is 5.91 Å². The standard InChI is InChI=1S/C14H12N4OS/c15-11-3-1-2-4-13(11)18-7-5-12(17-18)14(19)16-10-6-8-20-9-10/h1-9H,15H2,(H,16,19). The molecule has 0 radical (unpaired) electrons. The molecule has 6 heteroatoms. The van der Waals surface area contributed by atoms with Crippen LogP contribution in [0.1, 0.15) is 10.5 Å². The number of para-hydroxylation sites is 2. The lowest BCUT2D eigenvalue weighted by molar-refractivity contribution is 0.102. The number of hydrogen-bond acceptors (Lipinski definition) is 4. The van der Waals surface area contributed by atoms with Crippen LogP contribution < -0.4 is 11.1 Å². The zero-order chi connectivity index (χ0) is 13.9. The minimum atomic E-state index is -0.239. The summed E-state index contributed by atoms with van der Waals surface area (Å²) < 4.78 is 1.60. The Morgan fingerprint density at radius 3 is 2.85 bits per heavy atom. The molecule has 100 valence electrons.